The average molecular weight is 475 g/mol. The van der Waals surface area contributed by atoms with Crippen molar-refractivity contribution in [2.45, 2.75) is 59.1 Å². The predicted molar refractivity (Wildman–Crippen MR) is 140 cm³/mol. The van der Waals surface area contributed by atoms with Gasteiger partial charge in [0.25, 0.3) is 0 Å². The molecule has 4 nitrogen and oxygen atoms in total. The molecule has 0 aliphatic rings. The standard InChI is InChI=1S/C29H31ClN2O2/c1-5-6-11-27-31-25-9-7-8-10-26(25)32(27)19-20-12-14-21(15-13-20)24-18-22(30)16-17-23(24)28(33)34-29(2,3)4/h7-10,12-18H,5-6,11,19H2,1-4H3. The molecule has 0 fully saturated rings. The number of ether oxygens (including phenoxy) is 1. The van der Waals surface area contributed by atoms with Gasteiger partial charge in [-0.1, -0.05) is 61.3 Å². The number of halogens is 1. The van der Waals surface area contributed by atoms with Crippen LogP contribution in [0.2, 0.25) is 5.02 Å². The number of hydrogen-bond donors (Lipinski definition) is 0. The number of aromatic nitrogens is 2. The van der Waals surface area contributed by atoms with Crippen LogP contribution < -0.4 is 0 Å². The first-order valence-electron chi connectivity index (χ1n) is 11.8. The maximum atomic E-state index is 12.8. The van der Waals surface area contributed by atoms with Gasteiger partial charge in [0.1, 0.15) is 11.4 Å². The van der Waals surface area contributed by atoms with E-state index in [-0.39, 0.29) is 5.97 Å². The average Bonchev–Trinajstić information content (AvgIpc) is 3.14. The highest BCUT2D eigenvalue weighted by Crippen LogP contribution is 2.29. The summed E-state index contributed by atoms with van der Waals surface area (Å²) < 4.78 is 7.92. The molecule has 0 atom stereocenters. The summed E-state index contributed by atoms with van der Waals surface area (Å²) in [6.07, 6.45) is 3.22. The lowest BCUT2D eigenvalue weighted by molar-refractivity contribution is 0.00704. The lowest BCUT2D eigenvalue weighted by Gasteiger charge is -2.20. The first-order valence-corrected chi connectivity index (χ1v) is 12.2. The fourth-order valence-corrected chi connectivity index (χ4v) is 4.24. The van der Waals surface area contributed by atoms with Crippen molar-refractivity contribution in [3.63, 3.8) is 0 Å². The van der Waals surface area contributed by atoms with E-state index in [9.17, 15) is 4.79 Å². The summed E-state index contributed by atoms with van der Waals surface area (Å²) >= 11 is 6.28. The van der Waals surface area contributed by atoms with Crippen molar-refractivity contribution in [1.82, 2.24) is 9.55 Å². The van der Waals surface area contributed by atoms with E-state index in [1.165, 1.54) is 5.56 Å². The number of imidazole rings is 1. The van der Waals surface area contributed by atoms with Gasteiger partial charge in [-0.25, -0.2) is 9.78 Å². The highest BCUT2D eigenvalue weighted by atomic mass is 35.5. The molecule has 1 heterocycles. The molecule has 0 unspecified atom stereocenters. The molecule has 176 valence electrons. The molecule has 3 aromatic carbocycles. The van der Waals surface area contributed by atoms with Gasteiger partial charge in [-0.05, 0) is 74.2 Å². The third kappa shape index (κ3) is 5.51. The summed E-state index contributed by atoms with van der Waals surface area (Å²) in [6.45, 7) is 8.54. The largest absolute Gasteiger partial charge is 0.456 e. The van der Waals surface area contributed by atoms with Gasteiger partial charge in [0.2, 0.25) is 0 Å². The van der Waals surface area contributed by atoms with Gasteiger partial charge in [-0.15, -0.1) is 0 Å². The fourth-order valence-electron chi connectivity index (χ4n) is 4.07. The van der Waals surface area contributed by atoms with E-state index in [0.29, 0.717) is 10.6 Å². The van der Waals surface area contributed by atoms with Crippen molar-refractivity contribution < 1.29 is 9.53 Å². The zero-order chi connectivity index (χ0) is 24.3. The molecule has 0 spiro atoms. The Kier molecular flexibility index (Phi) is 7.08. The molecule has 0 radical (unpaired) electrons. The number of fused-ring (bicyclic) bond motifs is 1. The van der Waals surface area contributed by atoms with Gasteiger partial charge in [0.05, 0.1) is 16.6 Å². The monoisotopic (exact) mass is 474 g/mol. The van der Waals surface area contributed by atoms with E-state index in [1.54, 1.807) is 12.1 Å². The zero-order valence-electron chi connectivity index (χ0n) is 20.3. The number of carbonyl (C=O) groups excluding carboxylic acids is 1. The van der Waals surface area contributed by atoms with Gasteiger partial charge in [-0.2, -0.15) is 0 Å². The summed E-state index contributed by atoms with van der Waals surface area (Å²) in [7, 11) is 0. The van der Waals surface area contributed by atoms with Crippen molar-refractivity contribution in [2.24, 2.45) is 0 Å². The molecule has 0 bridgehead atoms. The number of esters is 1. The van der Waals surface area contributed by atoms with Crippen LogP contribution in [0.15, 0.2) is 66.7 Å². The zero-order valence-corrected chi connectivity index (χ0v) is 21.0. The Morgan fingerprint density at radius 1 is 1.03 bits per heavy atom. The van der Waals surface area contributed by atoms with Crippen LogP contribution in [0.3, 0.4) is 0 Å². The predicted octanol–water partition coefficient (Wildman–Crippen LogP) is 7.70. The molecule has 34 heavy (non-hydrogen) atoms. The Balaban J connectivity index is 1.64. The number of para-hydroxylation sites is 2. The minimum Gasteiger partial charge on any atom is -0.456 e. The van der Waals surface area contributed by atoms with Crippen LogP contribution in [0.5, 0.6) is 0 Å². The van der Waals surface area contributed by atoms with Crippen LogP contribution in [0.1, 0.15) is 62.3 Å². The number of nitrogens with zero attached hydrogens (tertiary/aromatic N) is 2. The fraction of sp³-hybridized carbons (Fsp3) is 0.310. The number of rotatable bonds is 7. The molecule has 0 saturated carbocycles. The van der Waals surface area contributed by atoms with E-state index < -0.39 is 5.60 Å². The molecule has 0 aliphatic heterocycles. The van der Waals surface area contributed by atoms with Gasteiger partial charge in [0.15, 0.2) is 0 Å². The molecule has 0 aliphatic carbocycles. The minimum atomic E-state index is -0.569. The van der Waals surface area contributed by atoms with E-state index >= 15 is 0 Å². The summed E-state index contributed by atoms with van der Waals surface area (Å²) in [5.41, 5.74) is 4.99. The first-order chi connectivity index (χ1) is 16.2. The van der Waals surface area contributed by atoms with Crippen LogP contribution in [-0.4, -0.2) is 21.1 Å². The Morgan fingerprint density at radius 2 is 1.76 bits per heavy atom. The number of benzene rings is 3. The highest BCUT2D eigenvalue weighted by Gasteiger charge is 2.21. The van der Waals surface area contributed by atoms with Crippen molar-refractivity contribution in [1.29, 1.82) is 0 Å². The van der Waals surface area contributed by atoms with E-state index in [0.717, 1.165) is 53.8 Å². The van der Waals surface area contributed by atoms with E-state index in [2.05, 4.69) is 41.8 Å². The van der Waals surface area contributed by atoms with Gasteiger partial charge in [-0.3, -0.25) is 0 Å². The molecule has 4 rings (SSSR count). The van der Waals surface area contributed by atoms with E-state index in [4.69, 9.17) is 21.3 Å². The van der Waals surface area contributed by atoms with Crippen LogP contribution in [0.25, 0.3) is 22.2 Å². The smallest absolute Gasteiger partial charge is 0.339 e. The van der Waals surface area contributed by atoms with E-state index in [1.807, 2.05) is 45.0 Å². The number of carbonyl (C=O) groups is 1. The Hall–Kier alpha value is -3.11. The topological polar surface area (TPSA) is 44.1 Å². The Morgan fingerprint density at radius 3 is 2.47 bits per heavy atom. The number of aryl methyl sites for hydroxylation is 1. The molecule has 1 aromatic heterocycles. The minimum absolute atomic E-state index is 0.353. The molecule has 5 heteroatoms. The van der Waals surface area contributed by atoms with Crippen molar-refractivity contribution in [3.05, 3.63) is 88.7 Å². The maximum Gasteiger partial charge on any atom is 0.339 e. The molecule has 0 amide bonds. The normalized spacial score (nSPS) is 11.7. The summed E-state index contributed by atoms with van der Waals surface area (Å²) in [5, 5.41) is 0.580. The third-order valence-electron chi connectivity index (χ3n) is 5.69. The number of hydrogen-bond acceptors (Lipinski definition) is 3. The third-order valence-corrected chi connectivity index (χ3v) is 5.93. The second kappa shape index (κ2) is 10.0. The lowest BCUT2D eigenvalue weighted by atomic mass is 9.98. The first kappa shape index (κ1) is 24.0. The Bertz CT molecular complexity index is 1300. The summed E-state index contributed by atoms with van der Waals surface area (Å²) in [5.74, 6) is 0.767. The van der Waals surface area contributed by atoms with Gasteiger partial charge >= 0.3 is 5.97 Å². The van der Waals surface area contributed by atoms with Gasteiger partial charge in [0, 0.05) is 18.0 Å². The second-order valence-corrected chi connectivity index (χ2v) is 10.0. The SMILES string of the molecule is CCCCc1nc2ccccc2n1Cc1ccc(-c2cc(Cl)ccc2C(=O)OC(C)(C)C)cc1. The Labute approximate surface area is 206 Å². The number of unbranched alkanes of at least 4 members (excludes halogenated alkanes) is 1. The quantitative estimate of drug-likeness (QED) is 0.258. The second-order valence-electron chi connectivity index (χ2n) is 9.60. The van der Waals surface area contributed by atoms with Crippen molar-refractivity contribution in [3.8, 4) is 11.1 Å². The highest BCUT2D eigenvalue weighted by molar-refractivity contribution is 6.31. The molecular weight excluding hydrogens is 444 g/mol. The van der Waals surface area contributed by atoms with Crippen LogP contribution >= 0.6 is 11.6 Å². The van der Waals surface area contributed by atoms with Crippen LogP contribution in [-0.2, 0) is 17.7 Å². The molecule has 4 aromatic rings. The lowest BCUT2D eigenvalue weighted by Crippen LogP contribution is -2.24. The summed E-state index contributed by atoms with van der Waals surface area (Å²) in [6, 6.07) is 21.9. The molecular formula is C29H31ClN2O2. The maximum absolute atomic E-state index is 12.8. The molecule has 0 saturated heterocycles. The van der Waals surface area contributed by atoms with Crippen LogP contribution in [0.4, 0.5) is 0 Å². The van der Waals surface area contributed by atoms with Crippen molar-refractivity contribution in [2.75, 3.05) is 0 Å². The van der Waals surface area contributed by atoms with Crippen LogP contribution in [0, 0.1) is 0 Å². The van der Waals surface area contributed by atoms with Gasteiger partial charge < -0.3 is 9.30 Å². The van der Waals surface area contributed by atoms with Crippen molar-refractivity contribution >= 4 is 28.6 Å². The summed E-state index contributed by atoms with van der Waals surface area (Å²) in [4.78, 5) is 17.7. The molecule has 0 N–H and O–H groups in total.